The van der Waals surface area contributed by atoms with E-state index in [9.17, 15) is 9.59 Å². The molecule has 1 spiro atoms. The maximum atomic E-state index is 12.0. The minimum atomic E-state index is -0.566. The molecular weight excluding hydrogens is 210 g/mol. The molecule has 5 nitrogen and oxygen atoms in total. The first kappa shape index (κ1) is 11.4. The van der Waals surface area contributed by atoms with Crippen LogP contribution in [0.4, 0.5) is 4.79 Å². The summed E-state index contributed by atoms with van der Waals surface area (Å²) in [4.78, 5) is 24.9. The number of ether oxygens (including phenoxy) is 2. The molecule has 0 aromatic heterocycles. The van der Waals surface area contributed by atoms with Crippen molar-refractivity contribution in [2.75, 3.05) is 19.8 Å². The first-order chi connectivity index (χ1) is 7.34. The Kier molecular flexibility index (Phi) is 2.45. The molecular formula is C11H17NO4. The highest BCUT2D eigenvalue weighted by Crippen LogP contribution is 2.39. The molecule has 2 amide bonds. The lowest BCUT2D eigenvalue weighted by molar-refractivity contribution is -0.160. The highest BCUT2D eigenvalue weighted by Gasteiger charge is 2.54. The molecule has 0 saturated carbocycles. The number of rotatable bonds is 0. The summed E-state index contributed by atoms with van der Waals surface area (Å²) in [5, 5.41) is 0. The van der Waals surface area contributed by atoms with Crippen LogP contribution in [0.2, 0.25) is 0 Å². The Labute approximate surface area is 94.7 Å². The first-order valence-electron chi connectivity index (χ1n) is 5.47. The topological polar surface area (TPSA) is 55.8 Å². The lowest BCUT2D eigenvalue weighted by Gasteiger charge is -2.35. The van der Waals surface area contributed by atoms with Crippen LogP contribution in [0.15, 0.2) is 0 Å². The van der Waals surface area contributed by atoms with Gasteiger partial charge in [0.1, 0.15) is 5.60 Å². The zero-order valence-corrected chi connectivity index (χ0v) is 9.91. The Morgan fingerprint density at radius 3 is 2.44 bits per heavy atom. The molecule has 0 aromatic carbocycles. The molecule has 0 aromatic rings. The predicted molar refractivity (Wildman–Crippen MR) is 55.8 cm³/mol. The second-order valence-electron chi connectivity index (χ2n) is 5.46. The monoisotopic (exact) mass is 227 g/mol. The molecule has 2 aliphatic rings. The third-order valence-corrected chi connectivity index (χ3v) is 2.88. The van der Waals surface area contributed by atoms with E-state index in [4.69, 9.17) is 9.47 Å². The fourth-order valence-corrected chi connectivity index (χ4v) is 1.93. The minimum absolute atomic E-state index is 0.145. The van der Waals surface area contributed by atoms with Crippen LogP contribution < -0.4 is 0 Å². The smallest absolute Gasteiger partial charge is 0.417 e. The third-order valence-electron chi connectivity index (χ3n) is 2.88. The molecule has 2 heterocycles. The quantitative estimate of drug-likeness (QED) is 0.623. The number of imide groups is 1. The van der Waals surface area contributed by atoms with E-state index < -0.39 is 17.1 Å². The Morgan fingerprint density at radius 2 is 2.06 bits per heavy atom. The largest absolute Gasteiger partial charge is 0.443 e. The van der Waals surface area contributed by atoms with Gasteiger partial charge in [-0.05, 0) is 27.2 Å². The van der Waals surface area contributed by atoms with E-state index in [0.717, 1.165) is 0 Å². The van der Waals surface area contributed by atoms with E-state index in [-0.39, 0.29) is 5.91 Å². The second kappa shape index (κ2) is 3.45. The molecule has 0 aliphatic carbocycles. The van der Waals surface area contributed by atoms with Crippen molar-refractivity contribution in [1.82, 2.24) is 4.90 Å². The van der Waals surface area contributed by atoms with Crippen LogP contribution in [-0.4, -0.2) is 42.3 Å². The van der Waals surface area contributed by atoms with Crippen molar-refractivity contribution in [1.29, 1.82) is 0 Å². The number of nitrogens with zero attached hydrogens (tertiary/aromatic N) is 1. The molecule has 2 fully saturated rings. The van der Waals surface area contributed by atoms with Crippen molar-refractivity contribution in [2.45, 2.75) is 32.8 Å². The van der Waals surface area contributed by atoms with E-state index in [1.165, 1.54) is 4.90 Å². The van der Waals surface area contributed by atoms with Crippen LogP contribution >= 0.6 is 0 Å². The summed E-state index contributed by atoms with van der Waals surface area (Å²) in [6, 6.07) is 0. The molecule has 0 atom stereocenters. The summed E-state index contributed by atoms with van der Waals surface area (Å²) in [7, 11) is 0. The zero-order chi connectivity index (χ0) is 12.0. The van der Waals surface area contributed by atoms with Crippen LogP contribution in [0.1, 0.15) is 27.2 Å². The van der Waals surface area contributed by atoms with Crippen LogP contribution in [0.25, 0.3) is 0 Å². The van der Waals surface area contributed by atoms with Crippen molar-refractivity contribution in [3.63, 3.8) is 0 Å². The van der Waals surface area contributed by atoms with Gasteiger partial charge in [-0.2, -0.15) is 0 Å². The normalized spacial score (nSPS) is 23.4. The summed E-state index contributed by atoms with van der Waals surface area (Å²) in [6.07, 6.45) is 0.145. The standard InChI is InChI=1S/C11H17NO4/c1-10(2,3)16-9(14)12-5-4-11(8(12)13)6-15-7-11/h4-7H2,1-3H3. The lowest BCUT2D eigenvalue weighted by Crippen LogP contribution is -2.50. The van der Waals surface area contributed by atoms with E-state index in [1.807, 2.05) is 0 Å². The van der Waals surface area contributed by atoms with Crippen LogP contribution in [0, 0.1) is 5.41 Å². The number of amides is 2. The second-order valence-corrected chi connectivity index (χ2v) is 5.46. The first-order valence-corrected chi connectivity index (χ1v) is 5.47. The molecule has 90 valence electrons. The summed E-state index contributed by atoms with van der Waals surface area (Å²) in [6.45, 7) is 6.67. The number of likely N-dealkylation sites (tertiary alicyclic amines) is 1. The maximum Gasteiger partial charge on any atom is 0.417 e. The van der Waals surface area contributed by atoms with Crippen LogP contribution in [0.5, 0.6) is 0 Å². The molecule has 16 heavy (non-hydrogen) atoms. The maximum absolute atomic E-state index is 12.0. The Bertz CT molecular complexity index is 327. The number of carbonyl (C=O) groups is 2. The van der Waals surface area contributed by atoms with Crippen molar-refractivity contribution < 1.29 is 19.1 Å². The molecule has 5 heteroatoms. The van der Waals surface area contributed by atoms with Gasteiger partial charge in [-0.1, -0.05) is 0 Å². The molecule has 0 unspecified atom stereocenters. The summed E-state index contributed by atoms with van der Waals surface area (Å²) >= 11 is 0. The van der Waals surface area contributed by atoms with E-state index >= 15 is 0 Å². The SMILES string of the molecule is CC(C)(C)OC(=O)N1CCC2(COC2)C1=O. The predicted octanol–water partition coefficient (Wildman–Crippen LogP) is 1.17. The van der Waals surface area contributed by atoms with Gasteiger partial charge in [-0.25, -0.2) is 9.69 Å². The van der Waals surface area contributed by atoms with Crippen molar-refractivity contribution >= 4 is 12.0 Å². The Hall–Kier alpha value is -1.10. The molecule has 0 bridgehead atoms. The van der Waals surface area contributed by atoms with Gasteiger partial charge < -0.3 is 9.47 Å². The number of hydrogen-bond donors (Lipinski definition) is 0. The Balaban J connectivity index is 2.02. The summed E-state index contributed by atoms with van der Waals surface area (Å²) in [5.41, 5.74) is -1.000. The van der Waals surface area contributed by atoms with Gasteiger partial charge in [0.05, 0.1) is 18.6 Å². The van der Waals surface area contributed by atoms with Gasteiger partial charge in [0, 0.05) is 6.54 Å². The van der Waals surface area contributed by atoms with Crippen LogP contribution in [-0.2, 0) is 14.3 Å². The lowest BCUT2D eigenvalue weighted by atomic mass is 9.84. The minimum Gasteiger partial charge on any atom is -0.443 e. The summed E-state index contributed by atoms with van der Waals surface area (Å²) in [5.74, 6) is -0.145. The molecule has 0 radical (unpaired) electrons. The van der Waals surface area contributed by atoms with E-state index in [1.54, 1.807) is 20.8 Å². The van der Waals surface area contributed by atoms with Crippen molar-refractivity contribution in [3.05, 3.63) is 0 Å². The fraction of sp³-hybridized carbons (Fsp3) is 0.818. The van der Waals surface area contributed by atoms with Gasteiger partial charge in [0.25, 0.3) is 0 Å². The molecule has 2 rings (SSSR count). The van der Waals surface area contributed by atoms with Crippen molar-refractivity contribution in [2.24, 2.45) is 5.41 Å². The van der Waals surface area contributed by atoms with Gasteiger partial charge in [-0.15, -0.1) is 0 Å². The Morgan fingerprint density at radius 1 is 1.44 bits per heavy atom. The summed E-state index contributed by atoms with van der Waals surface area (Å²) < 4.78 is 10.2. The van der Waals surface area contributed by atoms with Crippen molar-refractivity contribution in [3.8, 4) is 0 Å². The highest BCUT2D eigenvalue weighted by molar-refractivity contribution is 5.97. The fourth-order valence-electron chi connectivity index (χ4n) is 1.93. The number of hydrogen-bond acceptors (Lipinski definition) is 4. The van der Waals surface area contributed by atoms with E-state index in [0.29, 0.717) is 26.2 Å². The zero-order valence-electron chi connectivity index (χ0n) is 9.91. The van der Waals surface area contributed by atoms with Gasteiger partial charge in [0.15, 0.2) is 0 Å². The van der Waals surface area contributed by atoms with Gasteiger partial charge in [0.2, 0.25) is 5.91 Å². The van der Waals surface area contributed by atoms with Crippen LogP contribution in [0.3, 0.4) is 0 Å². The molecule has 2 aliphatic heterocycles. The molecule has 2 saturated heterocycles. The highest BCUT2D eigenvalue weighted by atomic mass is 16.6. The average molecular weight is 227 g/mol. The molecule has 0 N–H and O–H groups in total. The third kappa shape index (κ3) is 1.80. The van der Waals surface area contributed by atoms with Gasteiger partial charge >= 0.3 is 6.09 Å². The average Bonchev–Trinajstić information content (AvgIpc) is 2.38. The number of carbonyl (C=O) groups excluding carboxylic acids is 2. The van der Waals surface area contributed by atoms with Gasteiger partial charge in [-0.3, -0.25) is 4.79 Å². The van der Waals surface area contributed by atoms with E-state index in [2.05, 4.69) is 0 Å².